The van der Waals surface area contributed by atoms with E-state index in [9.17, 15) is 0 Å². The monoisotopic (exact) mass is 289 g/mol. The number of ether oxygens (including phenoxy) is 1. The molecule has 0 aliphatic carbocycles. The van der Waals surface area contributed by atoms with E-state index in [1.807, 2.05) is 18.2 Å². The van der Waals surface area contributed by atoms with E-state index in [0.717, 1.165) is 18.7 Å². The molecule has 0 unspecified atom stereocenters. The molecule has 2 aromatic rings. The minimum Gasteiger partial charge on any atom is -0.495 e. The molecule has 106 valence electrons. The summed E-state index contributed by atoms with van der Waals surface area (Å²) < 4.78 is 5.19. The number of nitrogens with one attached hydrogen (secondary N) is 1. The molecule has 0 atom stereocenters. The molecule has 0 aliphatic heterocycles. The molecule has 0 bridgehead atoms. The van der Waals surface area contributed by atoms with E-state index in [1.165, 1.54) is 16.7 Å². The second-order valence-corrected chi connectivity index (χ2v) is 5.19. The molecule has 2 rings (SSSR count). The van der Waals surface area contributed by atoms with Crippen molar-refractivity contribution in [1.82, 2.24) is 5.32 Å². The average molecular weight is 290 g/mol. The molecule has 3 heteroatoms. The Morgan fingerprint density at radius 3 is 2.55 bits per heavy atom. The predicted octanol–water partition coefficient (Wildman–Crippen LogP) is 4.43. The van der Waals surface area contributed by atoms with Crippen molar-refractivity contribution in [2.24, 2.45) is 0 Å². The van der Waals surface area contributed by atoms with Crippen LogP contribution in [-0.4, -0.2) is 13.7 Å². The van der Waals surface area contributed by atoms with Gasteiger partial charge in [-0.1, -0.05) is 42.8 Å². The van der Waals surface area contributed by atoms with Crippen LogP contribution in [0.3, 0.4) is 0 Å². The summed E-state index contributed by atoms with van der Waals surface area (Å²) >= 11 is 6.20. The van der Waals surface area contributed by atoms with Gasteiger partial charge < -0.3 is 10.1 Å². The van der Waals surface area contributed by atoms with E-state index in [1.54, 1.807) is 7.11 Å². The molecule has 0 saturated carbocycles. The van der Waals surface area contributed by atoms with Crippen LogP contribution in [0.2, 0.25) is 5.02 Å². The van der Waals surface area contributed by atoms with Gasteiger partial charge in [0.25, 0.3) is 0 Å². The minimum atomic E-state index is 0.640. The molecule has 0 aliphatic rings. The van der Waals surface area contributed by atoms with Crippen LogP contribution in [0.4, 0.5) is 0 Å². The third kappa shape index (κ3) is 3.33. The lowest BCUT2D eigenvalue weighted by molar-refractivity contribution is 0.415. The quantitative estimate of drug-likeness (QED) is 0.879. The summed E-state index contributed by atoms with van der Waals surface area (Å²) in [6.45, 7) is 6.12. The van der Waals surface area contributed by atoms with Crippen LogP contribution < -0.4 is 10.1 Å². The predicted molar refractivity (Wildman–Crippen MR) is 85.6 cm³/mol. The number of methoxy groups -OCH3 is 1. The van der Waals surface area contributed by atoms with Gasteiger partial charge in [0.2, 0.25) is 0 Å². The standard InChI is InChI=1S/C17H20ClNO/c1-4-19-11-13-5-7-15(12(2)9-13)14-6-8-17(20-3)16(18)10-14/h5-10,19H,4,11H2,1-3H3. The fourth-order valence-corrected chi connectivity index (χ4v) is 2.52. The van der Waals surface area contributed by atoms with Crippen LogP contribution in [0, 0.1) is 6.92 Å². The first-order valence-electron chi connectivity index (χ1n) is 6.80. The van der Waals surface area contributed by atoms with Crippen molar-refractivity contribution in [3.63, 3.8) is 0 Å². The number of hydrogen-bond acceptors (Lipinski definition) is 2. The van der Waals surface area contributed by atoms with Crippen molar-refractivity contribution in [2.45, 2.75) is 20.4 Å². The maximum Gasteiger partial charge on any atom is 0.137 e. The van der Waals surface area contributed by atoms with E-state index in [-0.39, 0.29) is 0 Å². The zero-order valence-electron chi connectivity index (χ0n) is 12.2. The van der Waals surface area contributed by atoms with Gasteiger partial charge in [0.05, 0.1) is 12.1 Å². The largest absolute Gasteiger partial charge is 0.495 e. The summed E-state index contributed by atoms with van der Waals surface area (Å²) in [5.74, 6) is 0.705. The maximum atomic E-state index is 6.20. The number of aryl methyl sites for hydroxylation is 1. The lowest BCUT2D eigenvalue weighted by Gasteiger charge is -2.11. The second-order valence-electron chi connectivity index (χ2n) is 4.78. The van der Waals surface area contributed by atoms with Crippen molar-refractivity contribution in [2.75, 3.05) is 13.7 Å². The van der Waals surface area contributed by atoms with E-state index < -0.39 is 0 Å². The van der Waals surface area contributed by atoms with Gasteiger partial charge in [0, 0.05) is 6.54 Å². The van der Waals surface area contributed by atoms with E-state index in [4.69, 9.17) is 16.3 Å². The Labute approximate surface area is 125 Å². The summed E-state index contributed by atoms with van der Waals surface area (Å²) in [7, 11) is 1.63. The second kappa shape index (κ2) is 6.78. The van der Waals surface area contributed by atoms with Crippen LogP contribution in [0.1, 0.15) is 18.1 Å². The summed E-state index contributed by atoms with van der Waals surface area (Å²) in [5.41, 5.74) is 4.87. The van der Waals surface area contributed by atoms with Gasteiger partial charge >= 0.3 is 0 Å². The summed E-state index contributed by atoms with van der Waals surface area (Å²) in [4.78, 5) is 0. The molecule has 0 heterocycles. The lowest BCUT2D eigenvalue weighted by Crippen LogP contribution is -2.11. The van der Waals surface area contributed by atoms with Crippen LogP contribution in [-0.2, 0) is 6.54 Å². The van der Waals surface area contributed by atoms with Crippen LogP contribution in [0.5, 0.6) is 5.75 Å². The van der Waals surface area contributed by atoms with Gasteiger partial charge in [-0.3, -0.25) is 0 Å². The fraction of sp³-hybridized carbons (Fsp3) is 0.294. The molecule has 0 saturated heterocycles. The van der Waals surface area contributed by atoms with Gasteiger partial charge in [0.15, 0.2) is 0 Å². The fourth-order valence-electron chi connectivity index (χ4n) is 2.26. The topological polar surface area (TPSA) is 21.3 Å². The molecule has 0 aromatic heterocycles. The van der Waals surface area contributed by atoms with Gasteiger partial charge in [-0.2, -0.15) is 0 Å². The van der Waals surface area contributed by atoms with Gasteiger partial charge in [0.1, 0.15) is 5.75 Å². The molecular weight excluding hydrogens is 270 g/mol. The first kappa shape index (κ1) is 14.9. The molecule has 2 aromatic carbocycles. The van der Waals surface area contributed by atoms with Gasteiger partial charge in [-0.05, 0) is 47.9 Å². The van der Waals surface area contributed by atoms with Crippen LogP contribution in [0.25, 0.3) is 11.1 Å². The zero-order chi connectivity index (χ0) is 14.5. The molecule has 0 amide bonds. The normalized spacial score (nSPS) is 10.6. The van der Waals surface area contributed by atoms with Crippen molar-refractivity contribution in [3.05, 3.63) is 52.5 Å². The van der Waals surface area contributed by atoms with Gasteiger partial charge in [-0.25, -0.2) is 0 Å². The number of benzene rings is 2. The summed E-state index contributed by atoms with van der Waals surface area (Å²) in [6, 6.07) is 12.4. The molecular formula is C17H20ClNO. The molecule has 2 nitrogen and oxygen atoms in total. The summed E-state index contributed by atoms with van der Waals surface area (Å²) in [6.07, 6.45) is 0. The molecule has 0 fully saturated rings. The first-order valence-corrected chi connectivity index (χ1v) is 7.17. The Bertz CT molecular complexity index is 596. The van der Waals surface area contributed by atoms with E-state index in [0.29, 0.717) is 10.8 Å². The molecule has 0 radical (unpaired) electrons. The lowest BCUT2D eigenvalue weighted by atomic mass is 9.98. The third-order valence-corrected chi connectivity index (χ3v) is 3.63. The third-order valence-electron chi connectivity index (χ3n) is 3.33. The Balaban J connectivity index is 2.31. The van der Waals surface area contributed by atoms with E-state index >= 15 is 0 Å². The van der Waals surface area contributed by atoms with Crippen LogP contribution in [0.15, 0.2) is 36.4 Å². The molecule has 20 heavy (non-hydrogen) atoms. The number of rotatable bonds is 5. The number of halogens is 1. The minimum absolute atomic E-state index is 0.640. The van der Waals surface area contributed by atoms with Gasteiger partial charge in [-0.15, -0.1) is 0 Å². The molecule has 1 N–H and O–H groups in total. The Morgan fingerprint density at radius 1 is 1.15 bits per heavy atom. The Hall–Kier alpha value is -1.51. The average Bonchev–Trinajstić information content (AvgIpc) is 2.45. The highest BCUT2D eigenvalue weighted by atomic mass is 35.5. The summed E-state index contributed by atoms with van der Waals surface area (Å²) in [5, 5.41) is 3.98. The van der Waals surface area contributed by atoms with Crippen molar-refractivity contribution in [1.29, 1.82) is 0 Å². The Morgan fingerprint density at radius 2 is 1.95 bits per heavy atom. The highest BCUT2D eigenvalue weighted by Crippen LogP contribution is 2.31. The maximum absolute atomic E-state index is 6.20. The van der Waals surface area contributed by atoms with Crippen LogP contribution >= 0.6 is 11.6 Å². The molecule has 0 spiro atoms. The highest BCUT2D eigenvalue weighted by Gasteiger charge is 2.06. The van der Waals surface area contributed by atoms with Crippen molar-refractivity contribution < 1.29 is 4.74 Å². The van der Waals surface area contributed by atoms with Crippen molar-refractivity contribution in [3.8, 4) is 16.9 Å². The highest BCUT2D eigenvalue weighted by molar-refractivity contribution is 6.32. The Kier molecular flexibility index (Phi) is 5.05. The first-order chi connectivity index (χ1) is 9.65. The smallest absolute Gasteiger partial charge is 0.137 e. The van der Waals surface area contributed by atoms with Crippen molar-refractivity contribution >= 4 is 11.6 Å². The zero-order valence-corrected chi connectivity index (χ0v) is 12.9. The number of hydrogen-bond donors (Lipinski definition) is 1. The SMILES string of the molecule is CCNCc1ccc(-c2ccc(OC)c(Cl)c2)c(C)c1. The van der Waals surface area contributed by atoms with E-state index in [2.05, 4.69) is 37.4 Å².